The Morgan fingerprint density at radius 1 is 1.54 bits per heavy atom. The topological polar surface area (TPSA) is 76.7 Å². The number of ether oxygens (including phenoxy) is 1. The van der Waals surface area contributed by atoms with E-state index in [9.17, 15) is 9.59 Å². The molecule has 0 fully saturated rings. The second kappa shape index (κ2) is 4.26. The Morgan fingerprint density at radius 3 is 2.69 bits per heavy atom. The van der Waals surface area contributed by atoms with Crippen molar-refractivity contribution in [1.82, 2.24) is 0 Å². The third-order valence-electron chi connectivity index (χ3n) is 1.20. The van der Waals surface area contributed by atoms with E-state index < -0.39 is 9.95 Å². The summed E-state index contributed by atoms with van der Waals surface area (Å²) in [5, 5.41) is 8.47. The molecule has 0 bridgehead atoms. The third kappa shape index (κ3) is 3.05. The van der Waals surface area contributed by atoms with E-state index in [-0.39, 0.29) is 12.4 Å². The maximum Gasteiger partial charge on any atom is 0.371 e. The number of carbonyl (C=O) groups is 2. The fourth-order valence-electron chi connectivity index (χ4n) is 0.698. The van der Waals surface area contributed by atoms with Gasteiger partial charge in [-0.15, -0.1) is 0 Å². The highest BCUT2D eigenvalue weighted by Gasteiger charge is 2.09. The lowest BCUT2D eigenvalue weighted by Gasteiger charge is -1.95. The van der Waals surface area contributed by atoms with Gasteiger partial charge in [0.25, 0.3) is 0 Å². The lowest BCUT2D eigenvalue weighted by atomic mass is 10.4. The molecule has 1 aromatic heterocycles. The summed E-state index contributed by atoms with van der Waals surface area (Å²) in [7, 11) is 0. The molecule has 0 aromatic carbocycles. The van der Waals surface area contributed by atoms with Gasteiger partial charge in [0.05, 0.1) is 22.6 Å². The maximum absolute atomic E-state index is 10.4. The van der Waals surface area contributed by atoms with Crippen LogP contribution in [0.1, 0.15) is 16.3 Å². The highest BCUT2D eigenvalue weighted by Crippen LogP contribution is 2.09. The van der Waals surface area contributed by atoms with E-state index in [2.05, 4.69) is 4.74 Å². The number of aromatic carboxylic acids is 1. The predicted octanol–water partition coefficient (Wildman–Crippen LogP) is 2.05. The van der Waals surface area contributed by atoms with Crippen LogP contribution in [0.4, 0.5) is 4.79 Å². The molecule has 0 aliphatic rings. The van der Waals surface area contributed by atoms with E-state index in [1.54, 1.807) is 0 Å². The number of rotatable bonds is 3. The molecule has 0 atom stereocenters. The molecule has 1 aromatic rings. The summed E-state index contributed by atoms with van der Waals surface area (Å²) in [5.41, 5.74) is 0. The van der Waals surface area contributed by atoms with Crippen LogP contribution in [0.3, 0.4) is 0 Å². The number of furan rings is 1. The lowest BCUT2D eigenvalue weighted by molar-refractivity contribution is 0.0657. The van der Waals surface area contributed by atoms with Crippen LogP contribution in [-0.4, -0.2) is 15.1 Å². The van der Waals surface area contributed by atoms with Gasteiger partial charge in [0.1, 0.15) is 12.4 Å². The second-order valence-electron chi connectivity index (χ2n) is 2.10. The van der Waals surface area contributed by atoms with Gasteiger partial charge in [-0.25, -0.2) is 9.59 Å². The first-order valence-electron chi connectivity index (χ1n) is 3.24. The van der Waals surface area contributed by atoms with Crippen molar-refractivity contribution in [3.8, 4) is 0 Å². The van der Waals surface area contributed by atoms with Crippen molar-refractivity contribution in [2.24, 2.45) is 0 Å². The fourth-order valence-corrected chi connectivity index (χ4v) is 0.854. The monoisotopic (exact) mass is 296 g/mol. The SMILES string of the molecule is O=C(I)OCc1ccc(C(=O)O)o1. The van der Waals surface area contributed by atoms with Crippen molar-refractivity contribution in [1.29, 1.82) is 0 Å². The summed E-state index contributed by atoms with van der Waals surface area (Å²) in [4.78, 5) is 20.7. The van der Waals surface area contributed by atoms with Crippen molar-refractivity contribution >= 4 is 32.5 Å². The molecule has 5 nitrogen and oxygen atoms in total. The highest BCUT2D eigenvalue weighted by molar-refractivity contribution is 14.1. The van der Waals surface area contributed by atoms with E-state index in [0.717, 1.165) is 0 Å². The molecule has 0 aliphatic heterocycles. The number of carboxylic acid groups (broad SMARTS) is 1. The zero-order chi connectivity index (χ0) is 9.84. The predicted molar refractivity (Wildman–Crippen MR) is 49.9 cm³/mol. The molecule has 13 heavy (non-hydrogen) atoms. The van der Waals surface area contributed by atoms with Crippen LogP contribution in [-0.2, 0) is 11.3 Å². The summed E-state index contributed by atoms with van der Waals surface area (Å²) in [6, 6.07) is 2.75. The van der Waals surface area contributed by atoms with Crippen LogP contribution in [0, 0.1) is 0 Å². The average molecular weight is 296 g/mol. The van der Waals surface area contributed by atoms with Gasteiger partial charge >= 0.3 is 9.95 Å². The van der Waals surface area contributed by atoms with E-state index in [1.807, 2.05) is 0 Å². The standard InChI is InChI=1S/C7H5IO5/c8-7(11)12-3-4-1-2-5(13-4)6(9)10/h1-2H,3H2,(H,9,10). The van der Waals surface area contributed by atoms with Crippen molar-refractivity contribution in [2.75, 3.05) is 0 Å². The first-order chi connectivity index (χ1) is 6.09. The molecule has 0 radical (unpaired) electrons. The van der Waals surface area contributed by atoms with E-state index >= 15 is 0 Å². The van der Waals surface area contributed by atoms with Gasteiger partial charge in [0.15, 0.2) is 0 Å². The quantitative estimate of drug-likeness (QED) is 0.682. The molecule has 70 valence electrons. The number of hydrogen-bond donors (Lipinski definition) is 1. The van der Waals surface area contributed by atoms with Gasteiger partial charge in [0.2, 0.25) is 5.76 Å². The summed E-state index contributed by atoms with van der Waals surface area (Å²) in [6.07, 6.45) is 0. The number of hydrogen-bond acceptors (Lipinski definition) is 4. The molecule has 1 heterocycles. The third-order valence-corrected chi connectivity index (χ3v) is 1.51. The van der Waals surface area contributed by atoms with Gasteiger partial charge in [-0.2, -0.15) is 0 Å². The van der Waals surface area contributed by atoms with Crippen LogP contribution in [0.5, 0.6) is 0 Å². The molecule has 0 spiro atoms. The molecule has 1 rings (SSSR count). The van der Waals surface area contributed by atoms with Crippen molar-refractivity contribution in [3.05, 3.63) is 23.7 Å². The van der Waals surface area contributed by atoms with Crippen LogP contribution in [0.25, 0.3) is 0 Å². The van der Waals surface area contributed by atoms with E-state index in [1.165, 1.54) is 34.7 Å². The van der Waals surface area contributed by atoms with Gasteiger partial charge in [-0.3, -0.25) is 0 Å². The molecule has 0 saturated carbocycles. The zero-order valence-electron chi connectivity index (χ0n) is 6.32. The van der Waals surface area contributed by atoms with Crippen LogP contribution >= 0.6 is 22.6 Å². The minimum Gasteiger partial charge on any atom is -0.475 e. The number of carboxylic acids is 1. The minimum atomic E-state index is -1.15. The normalized spacial score (nSPS) is 9.62. The van der Waals surface area contributed by atoms with Gasteiger partial charge in [0, 0.05) is 0 Å². The maximum atomic E-state index is 10.4. The van der Waals surface area contributed by atoms with Crippen LogP contribution in [0.2, 0.25) is 0 Å². The number of halogens is 1. The van der Waals surface area contributed by atoms with E-state index in [4.69, 9.17) is 9.52 Å². The van der Waals surface area contributed by atoms with Crippen molar-refractivity contribution < 1.29 is 23.8 Å². The molecule has 0 aliphatic carbocycles. The Bertz CT molecular complexity index is 329. The zero-order valence-corrected chi connectivity index (χ0v) is 8.48. The van der Waals surface area contributed by atoms with E-state index in [0.29, 0.717) is 5.76 Å². The first kappa shape index (κ1) is 10.0. The fraction of sp³-hybridized carbons (Fsp3) is 0.143. The molecule has 0 unspecified atom stereocenters. The summed E-state index contributed by atoms with van der Waals surface area (Å²) < 4.78 is 8.93. The minimum absolute atomic E-state index is 0.0466. The van der Waals surface area contributed by atoms with Gasteiger partial charge in [-0.1, -0.05) is 0 Å². The van der Waals surface area contributed by atoms with Crippen molar-refractivity contribution in [3.63, 3.8) is 0 Å². The Hall–Kier alpha value is -1.05. The molecule has 1 N–H and O–H groups in total. The average Bonchev–Trinajstić information content (AvgIpc) is 2.48. The summed E-state index contributed by atoms with van der Waals surface area (Å²) in [6.45, 7) is -0.0466. The van der Waals surface area contributed by atoms with Gasteiger partial charge in [-0.05, 0) is 12.1 Å². The van der Waals surface area contributed by atoms with Gasteiger partial charge < -0.3 is 14.3 Å². The first-order valence-corrected chi connectivity index (χ1v) is 4.31. The molecule has 0 saturated heterocycles. The molecular weight excluding hydrogens is 291 g/mol. The second-order valence-corrected chi connectivity index (χ2v) is 2.98. The Morgan fingerprint density at radius 2 is 2.23 bits per heavy atom. The van der Waals surface area contributed by atoms with Crippen LogP contribution in [0.15, 0.2) is 16.5 Å². The molecule has 0 amide bonds. The Kier molecular flexibility index (Phi) is 3.29. The smallest absolute Gasteiger partial charge is 0.371 e. The van der Waals surface area contributed by atoms with Crippen LogP contribution < -0.4 is 0 Å². The summed E-state index contributed by atoms with van der Waals surface area (Å²) in [5.74, 6) is -1.01. The summed E-state index contributed by atoms with van der Waals surface area (Å²) >= 11 is 1.47. The Balaban J connectivity index is 2.59. The highest BCUT2D eigenvalue weighted by atomic mass is 127. The lowest BCUT2D eigenvalue weighted by Crippen LogP contribution is -1.94. The molecule has 6 heteroatoms. The van der Waals surface area contributed by atoms with Crippen molar-refractivity contribution in [2.45, 2.75) is 6.61 Å². The Labute approximate surface area is 86.8 Å². The largest absolute Gasteiger partial charge is 0.475 e. The number of carbonyl (C=O) groups excluding carboxylic acids is 1. The molecular formula is C7H5IO5.